The number of rotatable bonds is 6. The van der Waals surface area contributed by atoms with E-state index >= 15 is 0 Å². The van der Waals surface area contributed by atoms with E-state index in [1.807, 2.05) is 0 Å². The summed E-state index contributed by atoms with van der Waals surface area (Å²) in [6.07, 6.45) is 4.10. The van der Waals surface area contributed by atoms with Crippen LogP contribution in [-0.4, -0.2) is 37.5 Å². The van der Waals surface area contributed by atoms with E-state index in [-0.39, 0.29) is 17.5 Å². The molecule has 0 amide bonds. The van der Waals surface area contributed by atoms with Crippen LogP contribution in [-0.2, 0) is 10.0 Å². The smallest absolute Gasteiger partial charge is 0.223 e. The van der Waals surface area contributed by atoms with Gasteiger partial charge in [0.15, 0.2) is 17.3 Å². The topological polar surface area (TPSA) is 104 Å². The van der Waals surface area contributed by atoms with Gasteiger partial charge in [0.25, 0.3) is 0 Å². The molecule has 9 heteroatoms. The van der Waals surface area contributed by atoms with Crippen molar-refractivity contribution in [3.8, 4) is 11.5 Å². The summed E-state index contributed by atoms with van der Waals surface area (Å²) in [7, 11) is -3.52. The lowest BCUT2D eigenvalue weighted by Crippen LogP contribution is -2.34. The van der Waals surface area contributed by atoms with Gasteiger partial charge < -0.3 is 14.0 Å². The number of hydrogen-bond acceptors (Lipinski definition) is 7. The molecule has 2 aliphatic rings. The zero-order valence-corrected chi connectivity index (χ0v) is 16.0. The largest absolute Gasteiger partial charge is 0.486 e. The van der Waals surface area contributed by atoms with E-state index < -0.39 is 16.1 Å². The molecule has 1 aromatic heterocycles. The summed E-state index contributed by atoms with van der Waals surface area (Å²) in [5.41, 5.74) is 0.676. The van der Waals surface area contributed by atoms with Gasteiger partial charge in [-0.3, -0.25) is 0 Å². The Kier molecular flexibility index (Phi) is 5.05. The van der Waals surface area contributed by atoms with Crippen LogP contribution in [0.2, 0.25) is 0 Å². The second kappa shape index (κ2) is 7.47. The fraction of sp³-hybridized carbons (Fsp3) is 0.556. The van der Waals surface area contributed by atoms with Crippen LogP contribution in [0, 0.1) is 12.8 Å². The highest BCUT2D eigenvalue weighted by atomic mass is 32.2. The van der Waals surface area contributed by atoms with E-state index in [1.165, 1.54) is 0 Å². The van der Waals surface area contributed by atoms with Crippen LogP contribution in [0.3, 0.4) is 0 Å². The predicted molar refractivity (Wildman–Crippen MR) is 97.2 cm³/mol. The van der Waals surface area contributed by atoms with Gasteiger partial charge in [-0.1, -0.05) is 24.1 Å². The first-order valence-electron chi connectivity index (χ1n) is 9.20. The maximum absolute atomic E-state index is 12.8. The number of hydrogen-bond donors (Lipinski definition) is 1. The highest BCUT2D eigenvalue weighted by Crippen LogP contribution is 2.34. The molecule has 0 spiro atoms. The molecule has 27 heavy (non-hydrogen) atoms. The van der Waals surface area contributed by atoms with Crippen LogP contribution in [0.1, 0.15) is 49.0 Å². The number of nitrogens with one attached hydrogen (secondary N) is 1. The summed E-state index contributed by atoms with van der Waals surface area (Å²) < 4.78 is 44.6. The zero-order valence-electron chi connectivity index (χ0n) is 15.2. The summed E-state index contributed by atoms with van der Waals surface area (Å²) in [4.78, 5) is 4.24. The van der Waals surface area contributed by atoms with Gasteiger partial charge in [0.1, 0.15) is 19.3 Å². The molecule has 0 bridgehead atoms. The van der Waals surface area contributed by atoms with Gasteiger partial charge in [0.2, 0.25) is 15.9 Å². The summed E-state index contributed by atoms with van der Waals surface area (Å²) in [5, 5.41) is 3.94. The Hall–Kier alpha value is -2.13. The van der Waals surface area contributed by atoms with Crippen LogP contribution in [0.15, 0.2) is 22.7 Å². The average molecular weight is 393 g/mol. The van der Waals surface area contributed by atoms with Crippen LogP contribution in [0.25, 0.3) is 0 Å². The van der Waals surface area contributed by atoms with Crippen molar-refractivity contribution in [3.05, 3.63) is 35.5 Å². The monoisotopic (exact) mass is 393 g/mol. The lowest BCUT2D eigenvalue weighted by molar-refractivity contribution is 0.171. The lowest BCUT2D eigenvalue weighted by Gasteiger charge is -2.22. The number of ether oxygens (including phenoxy) is 2. The van der Waals surface area contributed by atoms with E-state index in [0.29, 0.717) is 36.2 Å². The Morgan fingerprint density at radius 3 is 2.63 bits per heavy atom. The predicted octanol–water partition coefficient (Wildman–Crippen LogP) is 2.35. The Bertz CT molecular complexity index is 905. The number of aromatic nitrogens is 2. The van der Waals surface area contributed by atoms with Gasteiger partial charge >= 0.3 is 0 Å². The molecule has 0 radical (unpaired) electrons. The second-order valence-electron chi connectivity index (χ2n) is 7.06. The van der Waals surface area contributed by atoms with Crippen LogP contribution < -0.4 is 14.2 Å². The van der Waals surface area contributed by atoms with Crippen LogP contribution in [0.5, 0.6) is 11.5 Å². The molecule has 0 saturated heterocycles. The molecule has 146 valence electrons. The molecular weight excluding hydrogens is 370 g/mol. The van der Waals surface area contributed by atoms with Crippen LogP contribution in [0.4, 0.5) is 0 Å². The SMILES string of the molecule is Cc1nc(C(NS(=O)(=O)CC2CCCC2)c2ccc3c(c2)OCCO3)no1. The van der Waals surface area contributed by atoms with Crippen molar-refractivity contribution in [2.45, 2.75) is 38.6 Å². The molecule has 1 unspecified atom stereocenters. The number of sulfonamides is 1. The van der Waals surface area contributed by atoms with Crippen LogP contribution >= 0.6 is 0 Å². The molecule has 4 rings (SSSR count). The molecule has 1 atom stereocenters. The van der Waals surface area contributed by atoms with Gasteiger partial charge in [-0.15, -0.1) is 0 Å². The first-order chi connectivity index (χ1) is 13.0. The molecule has 8 nitrogen and oxygen atoms in total. The quantitative estimate of drug-likeness (QED) is 0.803. The Morgan fingerprint density at radius 2 is 1.93 bits per heavy atom. The fourth-order valence-corrected chi connectivity index (χ4v) is 5.31. The van der Waals surface area contributed by atoms with E-state index in [2.05, 4.69) is 14.9 Å². The van der Waals surface area contributed by atoms with Gasteiger partial charge in [0, 0.05) is 6.92 Å². The molecule has 2 heterocycles. The van der Waals surface area contributed by atoms with Crippen molar-refractivity contribution in [1.29, 1.82) is 0 Å². The summed E-state index contributed by atoms with van der Waals surface area (Å²) in [6, 6.07) is 4.59. The first-order valence-corrected chi connectivity index (χ1v) is 10.9. The van der Waals surface area contributed by atoms with E-state index in [1.54, 1.807) is 25.1 Å². The van der Waals surface area contributed by atoms with E-state index in [9.17, 15) is 8.42 Å². The number of nitrogens with zero attached hydrogens (tertiary/aromatic N) is 2. The van der Waals surface area contributed by atoms with Crippen molar-refractivity contribution < 1.29 is 22.4 Å². The van der Waals surface area contributed by atoms with Crippen molar-refractivity contribution in [3.63, 3.8) is 0 Å². The second-order valence-corrected chi connectivity index (χ2v) is 8.86. The minimum absolute atomic E-state index is 0.116. The van der Waals surface area contributed by atoms with Crippen molar-refractivity contribution in [2.24, 2.45) is 5.92 Å². The van der Waals surface area contributed by atoms with Crippen molar-refractivity contribution >= 4 is 10.0 Å². The number of aryl methyl sites for hydroxylation is 1. The zero-order chi connectivity index (χ0) is 18.9. The Labute approximate surface area is 158 Å². The van der Waals surface area contributed by atoms with Gasteiger partial charge in [-0.2, -0.15) is 9.71 Å². The molecule has 1 aromatic carbocycles. The summed E-state index contributed by atoms with van der Waals surface area (Å²) in [6.45, 7) is 2.62. The first kappa shape index (κ1) is 18.2. The van der Waals surface area contributed by atoms with Gasteiger partial charge in [-0.05, 0) is 36.5 Å². The standard InChI is InChI=1S/C18H23N3O5S/c1-12-19-18(20-26-12)17(21-27(22,23)11-13-4-2-3-5-13)14-6-7-15-16(10-14)25-9-8-24-15/h6-7,10,13,17,21H,2-5,8-9,11H2,1H3. The number of fused-ring (bicyclic) bond motifs is 1. The minimum Gasteiger partial charge on any atom is -0.486 e. The van der Waals surface area contributed by atoms with E-state index in [4.69, 9.17) is 14.0 Å². The summed E-state index contributed by atoms with van der Waals surface area (Å²) in [5.74, 6) is 2.20. The molecule has 1 aliphatic heterocycles. The Balaban J connectivity index is 1.63. The normalized spacial score (nSPS) is 18.6. The fourth-order valence-electron chi connectivity index (χ4n) is 3.66. The molecule has 1 saturated carbocycles. The molecule has 2 aromatic rings. The van der Waals surface area contributed by atoms with Crippen molar-refractivity contribution in [2.75, 3.05) is 19.0 Å². The highest BCUT2D eigenvalue weighted by molar-refractivity contribution is 7.89. The third-order valence-electron chi connectivity index (χ3n) is 4.93. The average Bonchev–Trinajstić information content (AvgIpc) is 3.30. The molecule has 1 fully saturated rings. The molecule has 1 aliphatic carbocycles. The maximum Gasteiger partial charge on any atom is 0.223 e. The van der Waals surface area contributed by atoms with Crippen molar-refractivity contribution in [1.82, 2.24) is 14.9 Å². The minimum atomic E-state index is -3.52. The maximum atomic E-state index is 12.8. The number of benzene rings is 1. The molecular formula is C18H23N3O5S. The van der Waals surface area contributed by atoms with E-state index in [0.717, 1.165) is 25.7 Å². The Morgan fingerprint density at radius 1 is 1.19 bits per heavy atom. The van der Waals surface area contributed by atoms with Gasteiger partial charge in [-0.25, -0.2) is 8.42 Å². The third-order valence-corrected chi connectivity index (χ3v) is 6.43. The summed E-state index contributed by atoms with van der Waals surface area (Å²) >= 11 is 0. The highest BCUT2D eigenvalue weighted by Gasteiger charge is 2.29. The third kappa shape index (κ3) is 4.24. The molecule has 1 N–H and O–H groups in total. The van der Waals surface area contributed by atoms with Gasteiger partial charge in [0.05, 0.1) is 5.75 Å². The lowest BCUT2D eigenvalue weighted by atomic mass is 10.1.